The van der Waals surface area contributed by atoms with Crippen molar-refractivity contribution < 1.29 is 9.47 Å². The fourth-order valence-electron chi connectivity index (χ4n) is 5.41. The lowest BCUT2D eigenvalue weighted by Gasteiger charge is -2.41. The van der Waals surface area contributed by atoms with Gasteiger partial charge in [0.15, 0.2) is 11.4 Å². The molecule has 10 heteroatoms. The van der Waals surface area contributed by atoms with Crippen LogP contribution in [0.4, 0.5) is 0 Å². The van der Waals surface area contributed by atoms with Crippen LogP contribution in [-0.4, -0.2) is 68.7 Å². The monoisotopic (exact) mass is 575 g/mol. The van der Waals surface area contributed by atoms with Gasteiger partial charge in [0.1, 0.15) is 0 Å². The second kappa shape index (κ2) is 9.77. The summed E-state index contributed by atoms with van der Waals surface area (Å²) in [6.07, 6.45) is 11.9. The Morgan fingerprint density at radius 1 is 1.13 bits per heavy atom. The van der Waals surface area contributed by atoms with Crippen molar-refractivity contribution in [1.29, 1.82) is 0 Å². The molecule has 9 nitrogen and oxygen atoms in total. The van der Waals surface area contributed by atoms with E-state index in [2.05, 4.69) is 54.9 Å². The number of morpholine rings is 1. The van der Waals surface area contributed by atoms with Crippen LogP contribution in [0.1, 0.15) is 11.4 Å². The van der Waals surface area contributed by atoms with Crippen molar-refractivity contribution in [1.82, 2.24) is 29.2 Å². The topological polar surface area (TPSA) is 96.2 Å². The molecule has 0 saturated carbocycles. The van der Waals surface area contributed by atoms with Crippen molar-refractivity contribution in [2.24, 2.45) is 19.8 Å². The number of hydrogen-bond acceptors (Lipinski definition) is 7. The number of aryl methyl sites for hydroxylation is 2. The molecule has 6 rings (SSSR count). The number of nitrogens with zero attached hydrogens (tertiary/aromatic N) is 6. The van der Waals surface area contributed by atoms with Gasteiger partial charge in [-0.05, 0) is 28.1 Å². The molecule has 0 spiro atoms. The van der Waals surface area contributed by atoms with Crippen LogP contribution in [0.25, 0.3) is 27.7 Å². The second-order valence-corrected chi connectivity index (χ2v) is 10.6. The third kappa shape index (κ3) is 4.08. The quantitative estimate of drug-likeness (QED) is 0.388. The van der Waals surface area contributed by atoms with Crippen molar-refractivity contribution in [3.63, 3.8) is 0 Å². The normalized spacial score (nSPS) is 22.0. The van der Waals surface area contributed by atoms with E-state index in [0.717, 1.165) is 56.6 Å². The van der Waals surface area contributed by atoms with E-state index in [0.29, 0.717) is 19.0 Å². The van der Waals surface area contributed by atoms with E-state index >= 15 is 0 Å². The summed E-state index contributed by atoms with van der Waals surface area (Å²) in [5.41, 5.74) is 11.8. The first-order valence-corrected chi connectivity index (χ1v) is 13.4. The molecule has 1 fully saturated rings. The maximum absolute atomic E-state index is 6.89. The summed E-state index contributed by atoms with van der Waals surface area (Å²) in [6.45, 7) is 2.84. The highest BCUT2D eigenvalue weighted by molar-refractivity contribution is 9.10. The number of fused-ring (bicyclic) bond motifs is 1. The largest absolute Gasteiger partial charge is 0.378 e. The van der Waals surface area contributed by atoms with Gasteiger partial charge < -0.3 is 24.7 Å². The number of benzene rings is 1. The lowest BCUT2D eigenvalue weighted by Crippen LogP contribution is -2.49. The molecule has 0 radical (unpaired) electrons. The van der Waals surface area contributed by atoms with E-state index in [-0.39, 0.29) is 0 Å². The number of aromatic nitrogens is 5. The van der Waals surface area contributed by atoms with Gasteiger partial charge in [-0.15, -0.1) is 0 Å². The molecule has 1 aliphatic heterocycles. The molecule has 1 aromatic carbocycles. The number of halogens is 1. The van der Waals surface area contributed by atoms with Crippen molar-refractivity contribution in [3.8, 4) is 11.3 Å². The standard InChI is InChI=1S/C28H30BrN7O2/c1-34-17-21(19-6-4-5-7-23(19)34)26-22(29)15-31-27(33-26)28(37-3)13-24(36-8-10-38-11-9-36)20(12-25(28)30)18-14-32-35(2)16-18/h4-7,12-17,25H,8-11,30H2,1-3H3. The molecular formula is C28H30BrN7O2. The SMILES string of the molecule is COC1(c2ncc(Br)c(-c3cn(C)c4ccccc34)n2)C=C(N2CCOCC2)C(c2cnn(C)c2)=CC1N. The zero-order chi connectivity index (χ0) is 26.4. The minimum Gasteiger partial charge on any atom is -0.378 e. The van der Waals surface area contributed by atoms with Crippen LogP contribution in [-0.2, 0) is 29.2 Å². The van der Waals surface area contributed by atoms with Crippen LogP contribution in [0.3, 0.4) is 0 Å². The first kappa shape index (κ1) is 25.0. The molecule has 2 N–H and O–H groups in total. The molecular weight excluding hydrogens is 546 g/mol. The molecule has 2 atom stereocenters. The third-order valence-electron chi connectivity index (χ3n) is 7.42. The van der Waals surface area contributed by atoms with Gasteiger partial charge in [0, 0.05) is 86.2 Å². The molecule has 1 saturated heterocycles. The van der Waals surface area contributed by atoms with Crippen LogP contribution < -0.4 is 5.73 Å². The Bertz CT molecular complexity index is 1570. The number of methoxy groups -OCH3 is 1. The number of nitrogens with two attached hydrogens (primary N) is 1. The molecule has 38 heavy (non-hydrogen) atoms. The lowest BCUT2D eigenvalue weighted by atomic mass is 9.82. The number of rotatable bonds is 5. The Morgan fingerprint density at radius 2 is 1.92 bits per heavy atom. The average Bonchev–Trinajstić information content (AvgIpc) is 3.52. The fraction of sp³-hybridized carbons (Fsp3) is 0.321. The third-order valence-corrected chi connectivity index (χ3v) is 8.00. The molecule has 0 bridgehead atoms. The van der Waals surface area contributed by atoms with Gasteiger partial charge >= 0.3 is 0 Å². The van der Waals surface area contributed by atoms with Crippen LogP contribution in [0.2, 0.25) is 0 Å². The average molecular weight is 576 g/mol. The van der Waals surface area contributed by atoms with Gasteiger partial charge in [0.05, 0.1) is 35.6 Å². The summed E-state index contributed by atoms with van der Waals surface area (Å²) >= 11 is 3.69. The Hall–Kier alpha value is -3.31. The summed E-state index contributed by atoms with van der Waals surface area (Å²) in [5.74, 6) is 0.505. The minimum absolute atomic E-state index is 0.505. The number of allylic oxidation sites excluding steroid dienone is 1. The highest BCUT2D eigenvalue weighted by Crippen LogP contribution is 2.42. The predicted octanol–water partition coefficient (Wildman–Crippen LogP) is 3.61. The fourth-order valence-corrected chi connectivity index (χ4v) is 5.82. The molecule has 4 aromatic rings. The molecule has 3 aromatic heterocycles. The van der Waals surface area contributed by atoms with Crippen molar-refractivity contribution in [2.75, 3.05) is 33.4 Å². The van der Waals surface area contributed by atoms with E-state index in [9.17, 15) is 0 Å². The van der Waals surface area contributed by atoms with Gasteiger partial charge in [0.2, 0.25) is 0 Å². The molecule has 2 unspecified atom stereocenters. The maximum Gasteiger partial charge on any atom is 0.167 e. The summed E-state index contributed by atoms with van der Waals surface area (Å²) in [5, 5.41) is 5.51. The summed E-state index contributed by atoms with van der Waals surface area (Å²) < 4.78 is 16.6. The summed E-state index contributed by atoms with van der Waals surface area (Å²) in [6, 6.07) is 7.76. The maximum atomic E-state index is 6.89. The number of ether oxygens (including phenoxy) is 2. The Balaban J connectivity index is 1.51. The zero-order valence-corrected chi connectivity index (χ0v) is 23.2. The predicted molar refractivity (Wildman–Crippen MR) is 150 cm³/mol. The first-order chi connectivity index (χ1) is 18.4. The summed E-state index contributed by atoms with van der Waals surface area (Å²) in [4.78, 5) is 12.2. The molecule has 2 aliphatic rings. The highest BCUT2D eigenvalue weighted by Gasteiger charge is 2.44. The Labute approximate surface area is 229 Å². The number of para-hydroxylation sites is 1. The number of hydrogen-bond donors (Lipinski definition) is 1. The van der Waals surface area contributed by atoms with Gasteiger partial charge in [-0.3, -0.25) is 4.68 Å². The van der Waals surface area contributed by atoms with Crippen molar-refractivity contribution >= 4 is 32.4 Å². The van der Waals surface area contributed by atoms with Crippen LogP contribution in [0.15, 0.2) is 71.4 Å². The Morgan fingerprint density at radius 3 is 2.66 bits per heavy atom. The summed E-state index contributed by atoms with van der Waals surface area (Å²) in [7, 11) is 5.62. The second-order valence-electron chi connectivity index (χ2n) is 9.70. The van der Waals surface area contributed by atoms with Crippen LogP contribution in [0.5, 0.6) is 0 Å². The zero-order valence-electron chi connectivity index (χ0n) is 21.6. The minimum atomic E-state index is -1.07. The molecule has 196 valence electrons. The van der Waals surface area contributed by atoms with Crippen LogP contribution >= 0.6 is 15.9 Å². The molecule has 4 heterocycles. The smallest absolute Gasteiger partial charge is 0.167 e. The van der Waals surface area contributed by atoms with Crippen molar-refractivity contribution in [3.05, 3.63) is 82.8 Å². The van der Waals surface area contributed by atoms with E-state index in [4.69, 9.17) is 25.2 Å². The lowest BCUT2D eigenvalue weighted by molar-refractivity contribution is 0.00528. The van der Waals surface area contributed by atoms with Gasteiger partial charge in [-0.25, -0.2) is 9.97 Å². The molecule has 0 amide bonds. The van der Waals surface area contributed by atoms with E-state index in [1.807, 2.05) is 44.7 Å². The van der Waals surface area contributed by atoms with Crippen molar-refractivity contribution in [2.45, 2.75) is 11.6 Å². The molecule has 1 aliphatic carbocycles. The van der Waals surface area contributed by atoms with E-state index in [1.165, 1.54) is 0 Å². The van der Waals surface area contributed by atoms with Gasteiger partial charge in [-0.2, -0.15) is 5.10 Å². The highest BCUT2D eigenvalue weighted by atomic mass is 79.9. The van der Waals surface area contributed by atoms with Gasteiger partial charge in [0.25, 0.3) is 0 Å². The van der Waals surface area contributed by atoms with Gasteiger partial charge in [-0.1, -0.05) is 24.3 Å². The van der Waals surface area contributed by atoms with E-state index in [1.54, 1.807) is 18.0 Å². The van der Waals surface area contributed by atoms with Crippen LogP contribution in [0, 0.1) is 0 Å². The Kier molecular flexibility index (Phi) is 6.43. The van der Waals surface area contributed by atoms with E-state index < -0.39 is 11.6 Å². The first-order valence-electron chi connectivity index (χ1n) is 12.6.